The molecule has 2 rings (SSSR count). The number of aryl methyl sites for hydroxylation is 1. The lowest BCUT2D eigenvalue weighted by molar-refractivity contribution is 0.0683. The maximum absolute atomic E-state index is 13.6. The van der Waals surface area contributed by atoms with Crippen LogP contribution >= 0.6 is 0 Å². The largest absolute Gasteiger partial charge is 0.475 e. The molecule has 0 aliphatic heterocycles. The summed E-state index contributed by atoms with van der Waals surface area (Å²) in [6.45, 7) is 1.61. The van der Waals surface area contributed by atoms with Crippen LogP contribution in [0.25, 0.3) is 11.3 Å². The van der Waals surface area contributed by atoms with Crippen LogP contribution in [0, 0.1) is 18.6 Å². The fraction of sp³-hybridized carbons (Fsp3) is 0.0833. The molecule has 2 aromatic rings. The maximum atomic E-state index is 13.6. The third-order valence-corrected chi connectivity index (χ3v) is 2.35. The van der Waals surface area contributed by atoms with Gasteiger partial charge >= 0.3 is 5.97 Å². The molecule has 1 N–H and O–H groups in total. The van der Waals surface area contributed by atoms with E-state index < -0.39 is 23.4 Å². The molecule has 0 saturated heterocycles. The number of nitrogens with zero attached hydrogens (tertiary/aromatic N) is 2. The van der Waals surface area contributed by atoms with Gasteiger partial charge in [-0.25, -0.2) is 23.5 Å². The van der Waals surface area contributed by atoms with Crippen LogP contribution in [-0.4, -0.2) is 21.0 Å². The molecule has 6 heteroatoms. The van der Waals surface area contributed by atoms with Crippen LogP contribution in [0.15, 0.2) is 24.4 Å². The highest BCUT2D eigenvalue weighted by Gasteiger charge is 2.14. The Kier molecular flexibility index (Phi) is 3.01. The van der Waals surface area contributed by atoms with Crippen molar-refractivity contribution in [3.63, 3.8) is 0 Å². The van der Waals surface area contributed by atoms with Gasteiger partial charge in [-0.05, 0) is 24.6 Å². The average Bonchev–Trinajstić information content (AvgIpc) is 2.30. The summed E-state index contributed by atoms with van der Waals surface area (Å²) >= 11 is 0. The Labute approximate surface area is 101 Å². The molecular weight excluding hydrogens is 242 g/mol. The SMILES string of the molecule is Cc1cnc(C(=O)O)nc1-c1ccc(F)cc1F. The van der Waals surface area contributed by atoms with Crippen LogP contribution in [-0.2, 0) is 0 Å². The smallest absolute Gasteiger partial charge is 0.373 e. The third kappa shape index (κ3) is 2.17. The number of hydrogen-bond donors (Lipinski definition) is 1. The molecule has 0 aliphatic rings. The number of carbonyl (C=O) groups is 1. The monoisotopic (exact) mass is 250 g/mol. The number of carboxylic acid groups (broad SMARTS) is 1. The minimum Gasteiger partial charge on any atom is -0.475 e. The van der Waals surface area contributed by atoms with E-state index in [-0.39, 0.29) is 11.3 Å². The van der Waals surface area contributed by atoms with E-state index in [1.165, 1.54) is 12.3 Å². The van der Waals surface area contributed by atoms with Gasteiger partial charge in [-0.3, -0.25) is 0 Å². The topological polar surface area (TPSA) is 63.1 Å². The van der Waals surface area contributed by atoms with Crippen molar-refractivity contribution in [1.29, 1.82) is 0 Å². The lowest BCUT2D eigenvalue weighted by Crippen LogP contribution is -2.06. The molecule has 1 aromatic carbocycles. The van der Waals surface area contributed by atoms with Crippen molar-refractivity contribution in [3.8, 4) is 11.3 Å². The number of rotatable bonds is 2. The predicted octanol–water partition coefficient (Wildman–Crippen LogP) is 2.43. The minimum atomic E-state index is -1.31. The summed E-state index contributed by atoms with van der Waals surface area (Å²) in [5, 5.41) is 8.78. The van der Waals surface area contributed by atoms with Gasteiger partial charge in [0.1, 0.15) is 11.6 Å². The second-order valence-corrected chi connectivity index (χ2v) is 3.65. The van der Waals surface area contributed by atoms with Crippen molar-refractivity contribution in [1.82, 2.24) is 9.97 Å². The Morgan fingerprint density at radius 3 is 2.67 bits per heavy atom. The van der Waals surface area contributed by atoms with Gasteiger partial charge in [-0.2, -0.15) is 0 Å². The highest BCUT2D eigenvalue weighted by atomic mass is 19.1. The standard InChI is InChI=1S/C12H8F2N2O2/c1-6-5-15-11(12(17)18)16-10(6)8-3-2-7(13)4-9(8)14/h2-5H,1H3,(H,17,18). The molecule has 0 saturated carbocycles. The number of aromatic carboxylic acids is 1. The zero-order valence-corrected chi connectivity index (χ0v) is 9.32. The lowest BCUT2D eigenvalue weighted by Gasteiger charge is -2.06. The summed E-state index contributed by atoms with van der Waals surface area (Å²) in [7, 11) is 0. The third-order valence-electron chi connectivity index (χ3n) is 2.35. The Bertz CT molecular complexity index is 629. The molecule has 1 heterocycles. The van der Waals surface area contributed by atoms with E-state index in [4.69, 9.17) is 5.11 Å². The van der Waals surface area contributed by atoms with Gasteiger partial charge in [0.15, 0.2) is 0 Å². The van der Waals surface area contributed by atoms with E-state index in [2.05, 4.69) is 9.97 Å². The van der Waals surface area contributed by atoms with Gasteiger partial charge in [0.2, 0.25) is 5.82 Å². The summed E-state index contributed by atoms with van der Waals surface area (Å²) in [5.41, 5.74) is 0.684. The molecule has 0 fully saturated rings. The quantitative estimate of drug-likeness (QED) is 0.889. The van der Waals surface area contributed by atoms with E-state index in [1.54, 1.807) is 6.92 Å². The first kappa shape index (κ1) is 12.1. The minimum absolute atomic E-state index is 0.0406. The molecule has 0 radical (unpaired) electrons. The van der Waals surface area contributed by atoms with Crippen LogP contribution in [0.1, 0.15) is 16.2 Å². The van der Waals surface area contributed by atoms with E-state index in [1.807, 2.05) is 0 Å². The van der Waals surface area contributed by atoms with Gasteiger partial charge < -0.3 is 5.11 Å². The zero-order valence-electron chi connectivity index (χ0n) is 9.32. The first-order valence-corrected chi connectivity index (χ1v) is 5.01. The van der Waals surface area contributed by atoms with Crippen LogP contribution in [0.3, 0.4) is 0 Å². The van der Waals surface area contributed by atoms with E-state index in [9.17, 15) is 13.6 Å². The van der Waals surface area contributed by atoms with E-state index >= 15 is 0 Å². The normalized spacial score (nSPS) is 10.4. The Morgan fingerprint density at radius 1 is 1.33 bits per heavy atom. The number of aromatic nitrogens is 2. The molecule has 18 heavy (non-hydrogen) atoms. The molecule has 0 unspecified atom stereocenters. The first-order valence-electron chi connectivity index (χ1n) is 5.01. The molecule has 0 atom stereocenters. The molecule has 0 amide bonds. The molecule has 92 valence electrons. The van der Waals surface area contributed by atoms with Crippen LogP contribution in [0.5, 0.6) is 0 Å². The van der Waals surface area contributed by atoms with Gasteiger partial charge in [0, 0.05) is 17.8 Å². The van der Waals surface area contributed by atoms with Gasteiger partial charge in [-0.15, -0.1) is 0 Å². The number of carboxylic acids is 1. The highest BCUT2D eigenvalue weighted by molar-refractivity contribution is 5.84. The maximum Gasteiger partial charge on any atom is 0.373 e. The van der Waals surface area contributed by atoms with Gasteiger partial charge in [0.25, 0.3) is 0 Å². The van der Waals surface area contributed by atoms with Crippen LogP contribution in [0.2, 0.25) is 0 Å². The average molecular weight is 250 g/mol. The van der Waals surface area contributed by atoms with Crippen molar-refractivity contribution >= 4 is 5.97 Å². The first-order chi connectivity index (χ1) is 8.49. The Balaban J connectivity index is 2.62. The number of benzene rings is 1. The predicted molar refractivity (Wildman–Crippen MR) is 59.1 cm³/mol. The summed E-state index contributed by atoms with van der Waals surface area (Å²) < 4.78 is 26.4. The number of hydrogen-bond acceptors (Lipinski definition) is 3. The number of halogens is 2. The van der Waals surface area contributed by atoms with Gasteiger partial charge in [-0.1, -0.05) is 0 Å². The van der Waals surface area contributed by atoms with E-state index in [0.29, 0.717) is 5.56 Å². The summed E-state index contributed by atoms with van der Waals surface area (Å²) in [6, 6.07) is 3.02. The fourth-order valence-corrected chi connectivity index (χ4v) is 1.50. The van der Waals surface area contributed by atoms with Crippen LogP contribution in [0.4, 0.5) is 8.78 Å². The van der Waals surface area contributed by atoms with Crippen LogP contribution < -0.4 is 0 Å². The fourth-order valence-electron chi connectivity index (χ4n) is 1.50. The van der Waals surface area contributed by atoms with Crippen molar-refractivity contribution in [2.45, 2.75) is 6.92 Å². The Hall–Kier alpha value is -2.37. The molecular formula is C12H8F2N2O2. The second kappa shape index (κ2) is 4.48. The molecule has 0 aliphatic carbocycles. The van der Waals surface area contributed by atoms with Crippen molar-refractivity contribution in [3.05, 3.63) is 47.4 Å². The molecule has 4 nitrogen and oxygen atoms in total. The highest BCUT2D eigenvalue weighted by Crippen LogP contribution is 2.24. The van der Waals surface area contributed by atoms with Crippen molar-refractivity contribution in [2.24, 2.45) is 0 Å². The molecule has 0 bridgehead atoms. The molecule has 0 spiro atoms. The van der Waals surface area contributed by atoms with Gasteiger partial charge in [0.05, 0.1) is 5.69 Å². The summed E-state index contributed by atoms with van der Waals surface area (Å²) in [6.07, 6.45) is 1.29. The van der Waals surface area contributed by atoms with Crippen molar-refractivity contribution in [2.75, 3.05) is 0 Å². The lowest BCUT2D eigenvalue weighted by atomic mass is 10.1. The Morgan fingerprint density at radius 2 is 2.06 bits per heavy atom. The summed E-state index contributed by atoms with van der Waals surface area (Å²) in [4.78, 5) is 18.1. The summed E-state index contributed by atoms with van der Waals surface area (Å²) in [5.74, 6) is -3.24. The van der Waals surface area contributed by atoms with E-state index in [0.717, 1.165) is 12.1 Å². The molecule has 1 aromatic heterocycles. The van der Waals surface area contributed by atoms with Crippen molar-refractivity contribution < 1.29 is 18.7 Å². The second-order valence-electron chi connectivity index (χ2n) is 3.65. The zero-order chi connectivity index (χ0) is 13.3.